The molecule has 1 fully saturated rings. The van der Waals surface area contributed by atoms with Gasteiger partial charge in [-0.15, -0.1) is 0 Å². The van der Waals surface area contributed by atoms with Crippen LogP contribution in [0.4, 0.5) is 5.82 Å². The molecule has 1 aliphatic heterocycles. The van der Waals surface area contributed by atoms with E-state index in [2.05, 4.69) is 36.1 Å². The lowest BCUT2D eigenvalue weighted by Crippen LogP contribution is -2.34. The van der Waals surface area contributed by atoms with Gasteiger partial charge in [0, 0.05) is 32.8 Å². The highest BCUT2D eigenvalue weighted by atomic mass is 35.5. The maximum absolute atomic E-state index is 6.23. The summed E-state index contributed by atoms with van der Waals surface area (Å²) in [5.74, 6) is 0.953. The van der Waals surface area contributed by atoms with Crippen LogP contribution >= 0.6 is 11.6 Å². The number of hydrogen-bond donors (Lipinski definition) is 1. The van der Waals surface area contributed by atoms with Gasteiger partial charge < -0.3 is 15.0 Å². The molecule has 5 heteroatoms. The molecule has 0 saturated carbocycles. The van der Waals surface area contributed by atoms with Crippen LogP contribution in [0.15, 0.2) is 12.1 Å². The molecule has 1 atom stereocenters. The predicted molar refractivity (Wildman–Crippen MR) is 88.1 cm³/mol. The number of aromatic nitrogens is 1. The number of pyridine rings is 1. The molecule has 0 spiro atoms. The second kappa shape index (κ2) is 7.97. The molecule has 0 radical (unpaired) electrons. The minimum Gasteiger partial charge on any atom is -0.376 e. The van der Waals surface area contributed by atoms with Crippen molar-refractivity contribution in [3.8, 4) is 0 Å². The van der Waals surface area contributed by atoms with Crippen LogP contribution in [0.3, 0.4) is 0 Å². The van der Waals surface area contributed by atoms with Gasteiger partial charge in [-0.05, 0) is 31.4 Å². The van der Waals surface area contributed by atoms with Gasteiger partial charge in [0.15, 0.2) is 0 Å². The molecule has 0 aromatic carbocycles. The molecule has 1 unspecified atom stereocenters. The highest BCUT2D eigenvalue weighted by Gasteiger charge is 2.17. The molecule has 1 saturated heterocycles. The Morgan fingerprint density at radius 3 is 2.90 bits per heavy atom. The van der Waals surface area contributed by atoms with E-state index in [9.17, 15) is 0 Å². The number of nitrogens with zero attached hydrogens (tertiary/aromatic N) is 2. The number of anilines is 1. The van der Waals surface area contributed by atoms with E-state index in [4.69, 9.17) is 16.3 Å². The number of halogens is 1. The molecule has 118 valence electrons. The Hall–Kier alpha value is -0.840. The SMILES string of the molecule is CC(C)NCc1nc(N(C)CC2CCCCO2)ccc1Cl. The monoisotopic (exact) mass is 311 g/mol. The Labute approximate surface area is 132 Å². The molecule has 0 aliphatic carbocycles. The summed E-state index contributed by atoms with van der Waals surface area (Å²) in [6, 6.07) is 4.32. The largest absolute Gasteiger partial charge is 0.376 e. The van der Waals surface area contributed by atoms with Crippen molar-refractivity contribution in [3.63, 3.8) is 0 Å². The molecular weight excluding hydrogens is 286 g/mol. The number of likely N-dealkylation sites (N-methyl/N-ethyl adjacent to an activating group) is 1. The fourth-order valence-corrected chi connectivity index (χ4v) is 2.63. The third-order valence-corrected chi connectivity index (χ3v) is 4.07. The first kappa shape index (κ1) is 16.5. The predicted octanol–water partition coefficient (Wildman–Crippen LogP) is 3.24. The first-order valence-electron chi connectivity index (χ1n) is 7.78. The Kier molecular flexibility index (Phi) is 6.27. The molecule has 4 nitrogen and oxygen atoms in total. The van der Waals surface area contributed by atoms with Gasteiger partial charge in [-0.3, -0.25) is 0 Å². The molecule has 0 bridgehead atoms. The summed E-state index contributed by atoms with van der Waals surface area (Å²) in [4.78, 5) is 6.84. The number of nitrogens with one attached hydrogen (secondary N) is 1. The van der Waals surface area contributed by atoms with Crippen LogP contribution in [-0.4, -0.2) is 37.3 Å². The van der Waals surface area contributed by atoms with Gasteiger partial charge in [0.05, 0.1) is 16.8 Å². The molecule has 2 rings (SSSR count). The Morgan fingerprint density at radius 1 is 1.43 bits per heavy atom. The standard InChI is InChI=1S/C16H26ClN3O/c1-12(2)18-10-15-14(17)7-8-16(19-15)20(3)11-13-6-4-5-9-21-13/h7-8,12-13,18H,4-6,9-11H2,1-3H3. The van der Waals surface area contributed by atoms with Gasteiger partial charge in [-0.25, -0.2) is 4.98 Å². The summed E-state index contributed by atoms with van der Waals surface area (Å²) < 4.78 is 5.80. The van der Waals surface area contributed by atoms with E-state index in [1.54, 1.807) is 0 Å². The average molecular weight is 312 g/mol. The van der Waals surface area contributed by atoms with Crippen molar-refractivity contribution in [2.45, 2.75) is 51.8 Å². The first-order valence-corrected chi connectivity index (χ1v) is 8.15. The van der Waals surface area contributed by atoms with E-state index >= 15 is 0 Å². The van der Waals surface area contributed by atoms with Crippen LogP contribution in [0.2, 0.25) is 5.02 Å². The normalized spacial score (nSPS) is 19.0. The lowest BCUT2D eigenvalue weighted by atomic mass is 10.1. The van der Waals surface area contributed by atoms with Crippen LogP contribution in [0.1, 0.15) is 38.8 Å². The van der Waals surface area contributed by atoms with E-state index in [0.717, 1.165) is 31.1 Å². The lowest BCUT2D eigenvalue weighted by molar-refractivity contribution is 0.0215. The third-order valence-electron chi connectivity index (χ3n) is 3.72. The first-order chi connectivity index (χ1) is 10.1. The van der Waals surface area contributed by atoms with Gasteiger partial charge in [0.1, 0.15) is 5.82 Å². The van der Waals surface area contributed by atoms with Crippen molar-refractivity contribution in [1.29, 1.82) is 0 Å². The fourth-order valence-electron chi connectivity index (χ4n) is 2.46. The molecule has 21 heavy (non-hydrogen) atoms. The van der Waals surface area contributed by atoms with Gasteiger partial charge in [-0.1, -0.05) is 25.4 Å². The minimum absolute atomic E-state index is 0.318. The summed E-state index contributed by atoms with van der Waals surface area (Å²) in [6.45, 7) is 6.69. The molecule has 1 aliphatic rings. The second-order valence-corrected chi connectivity index (χ2v) is 6.41. The van der Waals surface area contributed by atoms with Gasteiger partial charge >= 0.3 is 0 Å². The van der Waals surface area contributed by atoms with Crippen molar-refractivity contribution < 1.29 is 4.74 Å². The molecule has 0 amide bonds. The van der Waals surface area contributed by atoms with Gasteiger partial charge in [0.25, 0.3) is 0 Å². The highest BCUT2D eigenvalue weighted by molar-refractivity contribution is 6.31. The van der Waals surface area contributed by atoms with Gasteiger partial charge in [0.2, 0.25) is 0 Å². The van der Waals surface area contributed by atoms with Crippen molar-refractivity contribution in [1.82, 2.24) is 10.3 Å². The maximum Gasteiger partial charge on any atom is 0.128 e. The quantitative estimate of drug-likeness (QED) is 0.875. The molecule has 1 aromatic rings. The van der Waals surface area contributed by atoms with E-state index < -0.39 is 0 Å². The summed E-state index contributed by atoms with van der Waals surface area (Å²) in [5.41, 5.74) is 0.902. The van der Waals surface area contributed by atoms with Gasteiger partial charge in [-0.2, -0.15) is 0 Å². The number of rotatable bonds is 6. The van der Waals surface area contributed by atoms with E-state index in [1.165, 1.54) is 12.8 Å². The zero-order valence-electron chi connectivity index (χ0n) is 13.2. The zero-order chi connectivity index (χ0) is 15.2. The summed E-state index contributed by atoms with van der Waals surface area (Å²) >= 11 is 6.23. The van der Waals surface area contributed by atoms with Crippen molar-refractivity contribution >= 4 is 17.4 Å². The Balaban J connectivity index is 1.99. The molecular formula is C16H26ClN3O. The molecule has 2 heterocycles. The van der Waals surface area contributed by atoms with Crippen LogP contribution < -0.4 is 10.2 Å². The summed E-state index contributed by atoms with van der Waals surface area (Å²) in [5, 5.41) is 4.08. The van der Waals surface area contributed by atoms with Crippen LogP contribution in [-0.2, 0) is 11.3 Å². The topological polar surface area (TPSA) is 37.4 Å². The van der Waals surface area contributed by atoms with Crippen molar-refractivity contribution in [2.75, 3.05) is 25.1 Å². The lowest BCUT2D eigenvalue weighted by Gasteiger charge is -2.28. The smallest absolute Gasteiger partial charge is 0.128 e. The third kappa shape index (κ3) is 5.13. The summed E-state index contributed by atoms with van der Waals surface area (Å²) in [7, 11) is 2.06. The minimum atomic E-state index is 0.318. The van der Waals surface area contributed by atoms with Crippen LogP contribution in [0.5, 0.6) is 0 Å². The Bertz CT molecular complexity index is 447. The summed E-state index contributed by atoms with van der Waals surface area (Å²) in [6.07, 6.45) is 3.90. The van der Waals surface area contributed by atoms with E-state index in [0.29, 0.717) is 23.7 Å². The van der Waals surface area contributed by atoms with Crippen LogP contribution in [0.25, 0.3) is 0 Å². The van der Waals surface area contributed by atoms with Crippen LogP contribution in [0, 0.1) is 0 Å². The average Bonchev–Trinajstić information content (AvgIpc) is 2.47. The van der Waals surface area contributed by atoms with E-state index in [-0.39, 0.29) is 0 Å². The fraction of sp³-hybridized carbons (Fsp3) is 0.688. The number of hydrogen-bond acceptors (Lipinski definition) is 4. The molecule has 1 aromatic heterocycles. The Morgan fingerprint density at radius 2 is 2.24 bits per heavy atom. The van der Waals surface area contributed by atoms with Crippen molar-refractivity contribution in [2.24, 2.45) is 0 Å². The number of ether oxygens (including phenoxy) is 1. The maximum atomic E-state index is 6.23. The highest BCUT2D eigenvalue weighted by Crippen LogP contribution is 2.21. The van der Waals surface area contributed by atoms with E-state index in [1.807, 2.05) is 12.1 Å². The zero-order valence-corrected chi connectivity index (χ0v) is 14.0. The molecule has 1 N–H and O–H groups in total. The second-order valence-electron chi connectivity index (χ2n) is 6.00. The van der Waals surface area contributed by atoms with Crippen molar-refractivity contribution in [3.05, 3.63) is 22.8 Å².